The lowest BCUT2D eigenvalue weighted by molar-refractivity contribution is -0.141. The summed E-state index contributed by atoms with van der Waals surface area (Å²) < 4.78 is 35.7. The molecule has 0 atom stereocenters. The highest BCUT2D eigenvalue weighted by molar-refractivity contribution is 6.33. The van der Waals surface area contributed by atoms with E-state index in [1.165, 1.54) is 19.1 Å². The number of pyridine rings is 1. The average Bonchev–Trinajstić information content (AvgIpc) is 2.78. The molecule has 2 aromatic rings. The first kappa shape index (κ1) is 27.7. The van der Waals surface area contributed by atoms with E-state index >= 15 is 0 Å². The van der Waals surface area contributed by atoms with Gasteiger partial charge in [0.25, 0.3) is 0 Å². The maximum Gasteiger partial charge on any atom is 0.433 e. The first-order chi connectivity index (χ1) is 16.5. The van der Waals surface area contributed by atoms with Gasteiger partial charge in [0.1, 0.15) is 5.69 Å². The molecule has 35 heavy (non-hydrogen) atoms. The zero-order valence-corrected chi connectivity index (χ0v) is 20.4. The first-order valence-corrected chi connectivity index (χ1v) is 10.9. The maximum atomic E-state index is 11.9. The van der Waals surface area contributed by atoms with Gasteiger partial charge in [-0.2, -0.15) is 13.2 Å². The molecule has 3 rings (SSSR count). The monoisotopic (exact) mass is 505 g/mol. The number of rotatable bonds is 5. The van der Waals surface area contributed by atoms with Gasteiger partial charge < -0.3 is 16.0 Å². The van der Waals surface area contributed by atoms with Crippen molar-refractivity contribution in [2.24, 2.45) is 10.7 Å². The summed E-state index contributed by atoms with van der Waals surface area (Å²) in [7, 11) is 4.00. The Bertz CT molecular complexity index is 1150. The lowest BCUT2D eigenvalue weighted by Gasteiger charge is -2.16. The van der Waals surface area contributed by atoms with Crippen LogP contribution in [0.2, 0.25) is 5.02 Å². The van der Waals surface area contributed by atoms with Crippen LogP contribution in [-0.4, -0.2) is 36.6 Å². The number of carbonyl (C=O) groups is 1. The van der Waals surface area contributed by atoms with Gasteiger partial charge in [-0.25, -0.2) is 4.98 Å². The molecular formula is C25H27ClF3N5O. The maximum absolute atomic E-state index is 11.9. The SMILES string of the molecule is CN(C)C1=CC/C(N=Cc2cc(NC=O)ccc2Cl)=C(/N)C/C=C\1.Cc1cccc(C(F)(F)F)n1. The molecule has 1 aliphatic carbocycles. The van der Waals surface area contributed by atoms with E-state index in [2.05, 4.69) is 27.4 Å². The van der Waals surface area contributed by atoms with Gasteiger partial charge in [0.2, 0.25) is 6.41 Å². The van der Waals surface area contributed by atoms with Gasteiger partial charge in [0.15, 0.2) is 0 Å². The fourth-order valence-electron chi connectivity index (χ4n) is 2.94. The summed E-state index contributed by atoms with van der Waals surface area (Å²) >= 11 is 6.19. The standard InChI is InChI=1S/C18H21ClN4O.C7H6F3N/c1-23(2)15-4-3-5-17(20)18(9-7-15)21-11-13-10-14(22-12-24)6-8-16(13)19;1-5-3-2-4-6(11-5)7(8,9)10/h3-4,6-8,10-12H,5,9,20H2,1-2H3,(H,22,24);2-4H,1H3/b4-3-,15-7?,18-17-,21-11?;. The van der Waals surface area contributed by atoms with E-state index in [1.54, 1.807) is 24.4 Å². The molecule has 0 fully saturated rings. The van der Waals surface area contributed by atoms with Gasteiger partial charge in [-0.05, 0) is 43.3 Å². The number of halogens is 4. The van der Waals surface area contributed by atoms with Crippen molar-refractivity contribution in [3.05, 3.63) is 93.7 Å². The number of allylic oxidation sites excluding steroid dienone is 3. The van der Waals surface area contributed by atoms with Crippen molar-refractivity contribution in [2.45, 2.75) is 25.9 Å². The minimum atomic E-state index is -4.33. The quantitative estimate of drug-likeness (QED) is 0.403. The lowest BCUT2D eigenvalue weighted by atomic mass is 10.1. The highest BCUT2D eigenvalue weighted by Crippen LogP contribution is 2.27. The molecule has 1 amide bonds. The number of hydrogen-bond acceptors (Lipinski definition) is 5. The number of alkyl halides is 3. The van der Waals surface area contributed by atoms with E-state index in [-0.39, 0.29) is 0 Å². The Morgan fingerprint density at radius 2 is 1.94 bits per heavy atom. The molecule has 6 nitrogen and oxygen atoms in total. The number of anilines is 1. The molecule has 1 aliphatic rings. The number of amides is 1. The van der Waals surface area contributed by atoms with Crippen LogP contribution >= 0.6 is 11.6 Å². The third-order valence-corrected chi connectivity index (χ3v) is 5.12. The van der Waals surface area contributed by atoms with Crippen LogP contribution in [0.15, 0.2) is 76.7 Å². The van der Waals surface area contributed by atoms with Crippen LogP contribution in [0.25, 0.3) is 0 Å². The molecule has 1 aromatic carbocycles. The summed E-state index contributed by atoms with van der Waals surface area (Å²) in [5, 5.41) is 3.16. The summed E-state index contributed by atoms with van der Waals surface area (Å²) in [6.45, 7) is 1.52. The molecule has 1 heterocycles. The Balaban J connectivity index is 0.000000328. The molecule has 1 aromatic heterocycles. The number of nitrogens with two attached hydrogens (primary N) is 1. The van der Waals surface area contributed by atoms with Gasteiger partial charge in [0, 0.05) is 66.5 Å². The van der Waals surface area contributed by atoms with Crippen LogP contribution < -0.4 is 11.1 Å². The molecule has 0 unspecified atom stereocenters. The van der Waals surface area contributed by atoms with E-state index in [9.17, 15) is 18.0 Å². The van der Waals surface area contributed by atoms with Gasteiger partial charge in [-0.1, -0.05) is 29.8 Å². The van der Waals surface area contributed by atoms with Crippen molar-refractivity contribution >= 4 is 29.9 Å². The summed E-state index contributed by atoms with van der Waals surface area (Å²) in [6.07, 6.45) is 5.43. The summed E-state index contributed by atoms with van der Waals surface area (Å²) in [5.74, 6) is 0. The van der Waals surface area contributed by atoms with Crippen LogP contribution in [-0.2, 0) is 11.0 Å². The van der Waals surface area contributed by atoms with Crippen molar-refractivity contribution in [1.29, 1.82) is 0 Å². The number of hydrogen-bond donors (Lipinski definition) is 2. The largest absolute Gasteiger partial charge is 0.433 e. The van der Waals surface area contributed by atoms with Crippen LogP contribution in [0.5, 0.6) is 0 Å². The number of carbonyl (C=O) groups excluding carboxylic acids is 1. The van der Waals surface area contributed by atoms with Gasteiger partial charge in [0.05, 0.1) is 5.70 Å². The highest BCUT2D eigenvalue weighted by atomic mass is 35.5. The van der Waals surface area contributed by atoms with Gasteiger partial charge >= 0.3 is 6.18 Å². The number of likely N-dealkylation sites (N-methyl/N-ethyl adjacent to an activating group) is 1. The van der Waals surface area contributed by atoms with E-state index in [0.29, 0.717) is 35.7 Å². The Kier molecular flexibility index (Phi) is 10.1. The van der Waals surface area contributed by atoms with E-state index in [1.807, 2.05) is 25.1 Å². The second-order valence-electron chi connectivity index (χ2n) is 7.72. The normalized spacial score (nSPS) is 16.9. The average molecular weight is 506 g/mol. The second-order valence-corrected chi connectivity index (χ2v) is 8.13. The van der Waals surface area contributed by atoms with Gasteiger partial charge in [-0.3, -0.25) is 9.79 Å². The Morgan fingerprint density at radius 3 is 2.54 bits per heavy atom. The van der Waals surface area contributed by atoms with Crippen molar-refractivity contribution in [3.63, 3.8) is 0 Å². The Hall–Kier alpha value is -3.59. The summed E-state index contributed by atoms with van der Waals surface area (Å²) in [4.78, 5) is 20.4. The lowest BCUT2D eigenvalue weighted by Crippen LogP contribution is -2.11. The topological polar surface area (TPSA) is 83.6 Å². The minimum Gasteiger partial charge on any atom is -0.400 e. The second kappa shape index (κ2) is 12.8. The molecule has 0 saturated heterocycles. The predicted octanol–water partition coefficient (Wildman–Crippen LogP) is 5.70. The van der Waals surface area contributed by atoms with Crippen LogP contribution in [0.4, 0.5) is 18.9 Å². The minimum absolute atomic E-state index is 0.375. The smallest absolute Gasteiger partial charge is 0.400 e. The third-order valence-electron chi connectivity index (χ3n) is 4.78. The molecule has 0 aliphatic heterocycles. The molecular weight excluding hydrogens is 479 g/mol. The highest BCUT2D eigenvalue weighted by Gasteiger charge is 2.32. The van der Waals surface area contributed by atoms with E-state index < -0.39 is 11.9 Å². The Morgan fingerprint density at radius 1 is 1.20 bits per heavy atom. The molecule has 0 spiro atoms. The first-order valence-electron chi connectivity index (χ1n) is 10.6. The van der Waals surface area contributed by atoms with Crippen LogP contribution in [0.3, 0.4) is 0 Å². The van der Waals surface area contributed by atoms with Crippen LogP contribution in [0.1, 0.15) is 29.8 Å². The number of aryl methyl sites for hydroxylation is 1. The van der Waals surface area contributed by atoms with Crippen molar-refractivity contribution in [3.8, 4) is 0 Å². The van der Waals surface area contributed by atoms with Crippen LogP contribution in [0, 0.1) is 6.92 Å². The zero-order chi connectivity index (χ0) is 26.0. The number of aromatic nitrogens is 1. The van der Waals surface area contributed by atoms with E-state index in [4.69, 9.17) is 17.3 Å². The number of aliphatic imine (C=N–C) groups is 1. The van der Waals surface area contributed by atoms with Crippen molar-refractivity contribution in [1.82, 2.24) is 9.88 Å². The number of nitrogens with zero attached hydrogens (tertiary/aromatic N) is 3. The zero-order valence-electron chi connectivity index (χ0n) is 19.6. The molecule has 0 bridgehead atoms. The summed E-state index contributed by atoms with van der Waals surface area (Å²) in [6, 6.07) is 9.03. The van der Waals surface area contributed by atoms with Crippen molar-refractivity contribution in [2.75, 3.05) is 19.4 Å². The molecule has 3 N–H and O–H groups in total. The summed E-state index contributed by atoms with van der Waals surface area (Å²) in [5.41, 5.74) is 9.71. The fraction of sp³-hybridized carbons (Fsp3) is 0.240. The van der Waals surface area contributed by atoms with E-state index in [0.717, 1.165) is 28.7 Å². The Labute approximate surface area is 207 Å². The number of benzene rings is 1. The molecule has 10 heteroatoms. The van der Waals surface area contributed by atoms with Gasteiger partial charge in [-0.15, -0.1) is 0 Å². The fourth-order valence-corrected chi connectivity index (χ4v) is 3.11. The molecule has 0 saturated carbocycles. The van der Waals surface area contributed by atoms with Crippen molar-refractivity contribution < 1.29 is 18.0 Å². The molecule has 0 radical (unpaired) electrons. The third kappa shape index (κ3) is 8.94. The predicted molar refractivity (Wildman–Crippen MR) is 134 cm³/mol. The molecule has 186 valence electrons. The number of nitrogens with one attached hydrogen (secondary N) is 1.